The molecular weight excluding hydrogens is 296 g/mol. The smallest absolute Gasteiger partial charge is 0.185 e. The Hall–Kier alpha value is -3.26. The molecule has 0 unspecified atom stereocenters. The lowest BCUT2D eigenvalue weighted by Crippen LogP contribution is -1.98. The van der Waals surface area contributed by atoms with Crippen LogP contribution in [-0.4, -0.2) is 11.6 Å². The van der Waals surface area contributed by atoms with Crippen LogP contribution in [0.4, 0.5) is 0 Å². The maximum atomic E-state index is 12.2. The number of carbonyl (C=O) groups excluding carboxylic acids is 2. The standard InChI is InChI=1S/C22H16O2/c23-21(19-9-5-2-6-10-19)15-16-22(24)20-13-11-18(12-14-20)17-7-3-1-4-8-17/h1-16H/b16-15+. The Kier molecular flexibility index (Phi) is 4.78. The normalized spacial score (nSPS) is 10.7. The van der Waals surface area contributed by atoms with Crippen LogP contribution in [0.25, 0.3) is 11.1 Å². The fraction of sp³-hybridized carbons (Fsp3) is 0. The highest BCUT2D eigenvalue weighted by Gasteiger charge is 2.05. The number of rotatable bonds is 5. The molecule has 0 saturated heterocycles. The van der Waals surface area contributed by atoms with Crippen molar-refractivity contribution in [3.05, 3.63) is 108 Å². The van der Waals surface area contributed by atoms with E-state index < -0.39 is 0 Å². The van der Waals surface area contributed by atoms with Crippen LogP contribution in [0.3, 0.4) is 0 Å². The van der Waals surface area contributed by atoms with Gasteiger partial charge in [0.1, 0.15) is 0 Å². The lowest BCUT2D eigenvalue weighted by atomic mass is 10.0. The van der Waals surface area contributed by atoms with Gasteiger partial charge in [-0.3, -0.25) is 9.59 Å². The Bertz CT molecular complexity index is 861. The number of allylic oxidation sites excluding steroid dienone is 2. The van der Waals surface area contributed by atoms with Gasteiger partial charge in [-0.25, -0.2) is 0 Å². The summed E-state index contributed by atoms with van der Waals surface area (Å²) in [6.07, 6.45) is 2.65. The molecule has 0 saturated carbocycles. The van der Waals surface area contributed by atoms with E-state index in [2.05, 4.69) is 0 Å². The van der Waals surface area contributed by atoms with Crippen LogP contribution in [0.2, 0.25) is 0 Å². The molecule has 0 aliphatic heterocycles. The van der Waals surface area contributed by atoms with Crippen molar-refractivity contribution in [2.45, 2.75) is 0 Å². The second-order valence-corrected chi connectivity index (χ2v) is 5.37. The summed E-state index contributed by atoms with van der Waals surface area (Å²) in [6.45, 7) is 0. The molecule has 0 atom stereocenters. The van der Waals surface area contributed by atoms with Gasteiger partial charge in [-0.2, -0.15) is 0 Å². The first-order chi connectivity index (χ1) is 11.7. The molecule has 0 fully saturated rings. The predicted octanol–water partition coefficient (Wildman–Crippen LogP) is 4.98. The zero-order valence-corrected chi connectivity index (χ0v) is 13.1. The minimum Gasteiger partial charge on any atom is -0.289 e. The first-order valence-corrected chi connectivity index (χ1v) is 7.71. The van der Waals surface area contributed by atoms with Crippen molar-refractivity contribution in [1.82, 2.24) is 0 Å². The van der Waals surface area contributed by atoms with Crippen LogP contribution in [0.1, 0.15) is 20.7 Å². The molecule has 0 radical (unpaired) electrons. The minimum absolute atomic E-state index is 0.176. The number of ketones is 2. The Morgan fingerprint density at radius 2 is 0.917 bits per heavy atom. The first kappa shape index (κ1) is 15.6. The van der Waals surface area contributed by atoms with Crippen molar-refractivity contribution in [3.8, 4) is 11.1 Å². The predicted molar refractivity (Wildman–Crippen MR) is 96.1 cm³/mol. The summed E-state index contributed by atoms with van der Waals surface area (Å²) < 4.78 is 0. The van der Waals surface area contributed by atoms with Gasteiger partial charge in [0.15, 0.2) is 11.6 Å². The van der Waals surface area contributed by atoms with Crippen LogP contribution in [0, 0.1) is 0 Å². The van der Waals surface area contributed by atoms with Crippen LogP contribution in [-0.2, 0) is 0 Å². The van der Waals surface area contributed by atoms with E-state index in [9.17, 15) is 9.59 Å². The zero-order valence-electron chi connectivity index (χ0n) is 13.1. The van der Waals surface area contributed by atoms with E-state index in [1.165, 1.54) is 12.2 Å². The average molecular weight is 312 g/mol. The largest absolute Gasteiger partial charge is 0.289 e. The minimum atomic E-state index is -0.182. The molecule has 0 aromatic heterocycles. The van der Waals surface area contributed by atoms with E-state index in [0.29, 0.717) is 11.1 Å². The molecular formula is C22H16O2. The summed E-state index contributed by atoms with van der Waals surface area (Å²) in [5, 5.41) is 0. The molecule has 0 amide bonds. The average Bonchev–Trinajstić information content (AvgIpc) is 2.67. The fourth-order valence-corrected chi connectivity index (χ4v) is 2.40. The molecule has 0 N–H and O–H groups in total. The maximum Gasteiger partial charge on any atom is 0.185 e. The Morgan fingerprint density at radius 1 is 0.500 bits per heavy atom. The summed E-state index contributed by atoms with van der Waals surface area (Å²) >= 11 is 0. The van der Waals surface area contributed by atoms with E-state index >= 15 is 0 Å². The Morgan fingerprint density at radius 3 is 1.46 bits per heavy atom. The zero-order chi connectivity index (χ0) is 16.8. The van der Waals surface area contributed by atoms with Gasteiger partial charge in [0.2, 0.25) is 0 Å². The number of carbonyl (C=O) groups is 2. The molecule has 2 heteroatoms. The molecule has 2 nitrogen and oxygen atoms in total. The van der Waals surface area contributed by atoms with Gasteiger partial charge in [-0.15, -0.1) is 0 Å². The Balaban J connectivity index is 1.71. The molecule has 0 aliphatic rings. The van der Waals surface area contributed by atoms with Gasteiger partial charge in [-0.1, -0.05) is 84.9 Å². The molecule has 3 aromatic rings. The topological polar surface area (TPSA) is 34.1 Å². The summed E-state index contributed by atoms with van der Waals surface area (Å²) in [5.41, 5.74) is 3.29. The second kappa shape index (κ2) is 7.34. The van der Waals surface area contributed by atoms with Crippen LogP contribution in [0.5, 0.6) is 0 Å². The van der Waals surface area contributed by atoms with E-state index in [1.54, 1.807) is 36.4 Å². The monoisotopic (exact) mass is 312 g/mol. The van der Waals surface area contributed by atoms with Gasteiger partial charge in [-0.05, 0) is 23.3 Å². The van der Waals surface area contributed by atoms with Gasteiger partial charge in [0.05, 0.1) is 0 Å². The third kappa shape index (κ3) is 3.73. The van der Waals surface area contributed by atoms with Crippen molar-refractivity contribution in [1.29, 1.82) is 0 Å². The molecule has 0 spiro atoms. The van der Waals surface area contributed by atoms with Crippen LogP contribution >= 0.6 is 0 Å². The van der Waals surface area contributed by atoms with Gasteiger partial charge >= 0.3 is 0 Å². The molecule has 3 aromatic carbocycles. The lowest BCUT2D eigenvalue weighted by molar-refractivity contribution is 0.102. The van der Waals surface area contributed by atoms with Crippen LogP contribution in [0.15, 0.2) is 97.1 Å². The van der Waals surface area contributed by atoms with Crippen molar-refractivity contribution in [3.63, 3.8) is 0 Å². The fourth-order valence-electron chi connectivity index (χ4n) is 2.40. The lowest BCUT2D eigenvalue weighted by Gasteiger charge is -2.02. The summed E-state index contributed by atoms with van der Waals surface area (Å²) in [6, 6.07) is 26.3. The van der Waals surface area contributed by atoms with Gasteiger partial charge in [0, 0.05) is 11.1 Å². The highest BCUT2D eigenvalue weighted by molar-refractivity contribution is 6.11. The first-order valence-electron chi connectivity index (χ1n) is 7.71. The van der Waals surface area contributed by atoms with E-state index in [0.717, 1.165) is 11.1 Å². The number of benzene rings is 3. The van der Waals surface area contributed by atoms with Crippen LogP contribution < -0.4 is 0 Å². The maximum absolute atomic E-state index is 12.2. The van der Waals surface area contributed by atoms with Gasteiger partial charge < -0.3 is 0 Å². The highest BCUT2D eigenvalue weighted by atomic mass is 16.1. The summed E-state index contributed by atoms with van der Waals surface area (Å²) in [7, 11) is 0. The molecule has 3 rings (SSSR count). The van der Waals surface area contributed by atoms with E-state index in [1.807, 2.05) is 48.5 Å². The Labute approximate surface area is 141 Å². The molecule has 0 heterocycles. The molecule has 0 bridgehead atoms. The van der Waals surface area contributed by atoms with Crippen molar-refractivity contribution < 1.29 is 9.59 Å². The SMILES string of the molecule is O=C(/C=C/C(=O)c1ccc(-c2ccccc2)cc1)c1ccccc1. The molecule has 24 heavy (non-hydrogen) atoms. The summed E-state index contributed by atoms with van der Waals surface area (Å²) in [4.78, 5) is 24.2. The van der Waals surface area contributed by atoms with Crippen molar-refractivity contribution in [2.24, 2.45) is 0 Å². The number of hydrogen-bond acceptors (Lipinski definition) is 2. The van der Waals surface area contributed by atoms with Crippen molar-refractivity contribution in [2.75, 3.05) is 0 Å². The van der Waals surface area contributed by atoms with E-state index in [4.69, 9.17) is 0 Å². The quantitative estimate of drug-likeness (QED) is 0.492. The highest BCUT2D eigenvalue weighted by Crippen LogP contribution is 2.19. The van der Waals surface area contributed by atoms with Gasteiger partial charge in [0.25, 0.3) is 0 Å². The number of hydrogen-bond donors (Lipinski definition) is 0. The third-order valence-corrected chi connectivity index (χ3v) is 3.72. The molecule has 0 aliphatic carbocycles. The van der Waals surface area contributed by atoms with Crippen molar-refractivity contribution >= 4 is 11.6 Å². The van der Waals surface area contributed by atoms with E-state index in [-0.39, 0.29) is 11.6 Å². The third-order valence-electron chi connectivity index (χ3n) is 3.72. The molecule has 116 valence electrons. The summed E-state index contributed by atoms with van der Waals surface area (Å²) in [5.74, 6) is -0.358. The second-order valence-electron chi connectivity index (χ2n) is 5.37.